The molecule has 0 radical (unpaired) electrons. The fourth-order valence-electron chi connectivity index (χ4n) is 4.03. The fraction of sp³-hybridized carbons (Fsp3) is 0.182. The van der Waals surface area contributed by atoms with E-state index in [2.05, 4.69) is 0 Å². The molecule has 4 rings (SSSR count). The predicted molar refractivity (Wildman–Crippen MR) is 147 cm³/mol. The van der Waals surface area contributed by atoms with Crippen molar-refractivity contribution < 1.29 is 19.1 Å². The Bertz CT molecular complexity index is 1170. The maximum atomic E-state index is 13.1. The van der Waals surface area contributed by atoms with E-state index in [9.17, 15) is 14.4 Å². The molecule has 0 aromatic heterocycles. The first kappa shape index (κ1) is 27.4. The van der Waals surface area contributed by atoms with Gasteiger partial charge in [0.05, 0.1) is 0 Å². The molecule has 0 heterocycles. The predicted octanol–water partition coefficient (Wildman–Crippen LogP) is 7.25. The van der Waals surface area contributed by atoms with Crippen LogP contribution in [-0.4, -0.2) is 30.1 Å². The highest BCUT2D eigenvalue weighted by atomic mass is 16.5. The van der Waals surface area contributed by atoms with Crippen LogP contribution in [0.25, 0.3) is 0 Å². The number of unbranched alkanes of at least 4 members (excludes halogenated alkanes) is 1. The zero-order valence-electron chi connectivity index (χ0n) is 21.3. The lowest BCUT2D eigenvalue weighted by molar-refractivity contribution is 0.00383. The summed E-state index contributed by atoms with van der Waals surface area (Å²) in [6.45, 7) is 2.03. The van der Waals surface area contributed by atoms with E-state index in [4.69, 9.17) is 4.74 Å². The highest BCUT2D eigenvalue weighted by Crippen LogP contribution is 2.28. The Kier molecular flexibility index (Phi) is 10.2. The molecular formula is C33H32O4. The van der Waals surface area contributed by atoms with Gasteiger partial charge < -0.3 is 4.74 Å². The van der Waals surface area contributed by atoms with Crippen molar-refractivity contribution in [1.29, 1.82) is 0 Å². The van der Waals surface area contributed by atoms with Crippen LogP contribution in [-0.2, 0) is 4.74 Å². The molecule has 0 bridgehead atoms. The molecule has 4 nitrogen and oxygen atoms in total. The minimum absolute atomic E-state index is 0.0752. The van der Waals surface area contributed by atoms with Crippen LogP contribution < -0.4 is 0 Å². The van der Waals surface area contributed by atoms with Crippen molar-refractivity contribution in [3.05, 3.63) is 144 Å². The van der Waals surface area contributed by atoms with Gasteiger partial charge in [0.1, 0.15) is 0 Å². The van der Waals surface area contributed by atoms with Gasteiger partial charge in [-0.25, -0.2) is 0 Å². The van der Waals surface area contributed by atoms with Crippen LogP contribution in [0.1, 0.15) is 62.8 Å². The van der Waals surface area contributed by atoms with Crippen LogP contribution in [0.15, 0.2) is 121 Å². The van der Waals surface area contributed by atoms with E-state index in [1.165, 1.54) is 7.11 Å². The van der Waals surface area contributed by atoms with E-state index in [-0.39, 0.29) is 17.3 Å². The van der Waals surface area contributed by atoms with Crippen molar-refractivity contribution in [3.63, 3.8) is 0 Å². The largest absolute Gasteiger partial charge is 0.362 e. The molecule has 4 heteroatoms. The molecule has 0 spiro atoms. The molecule has 0 fully saturated rings. The summed E-state index contributed by atoms with van der Waals surface area (Å²) in [4.78, 5) is 38.0. The van der Waals surface area contributed by atoms with E-state index in [0.29, 0.717) is 17.5 Å². The van der Waals surface area contributed by atoms with Gasteiger partial charge in [-0.1, -0.05) is 135 Å². The number of methoxy groups -OCH3 is 1. The Balaban J connectivity index is 0.000000231. The molecule has 0 saturated carbocycles. The van der Waals surface area contributed by atoms with Gasteiger partial charge in [-0.05, 0) is 12.8 Å². The third-order valence-electron chi connectivity index (χ3n) is 6.11. The van der Waals surface area contributed by atoms with E-state index in [1.54, 1.807) is 48.5 Å². The van der Waals surface area contributed by atoms with Crippen LogP contribution in [0.3, 0.4) is 0 Å². The van der Waals surface area contributed by atoms with E-state index in [0.717, 1.165) is 24.0 Å². The van der Waals surface area contributed by atoms with Gasteiger partial charge in [0.2, 0.25) is 11.6 Å². The first-order chi connectivity index (χ1) is 18.0. The molecule has 4 aromatic rings. The Morgan fingerprint density at radius 1 is 0.568 bits per heavy atom. The summed E-state index contributed by atoms with van der Waals surface area (Å²) in [7, 11) is 1.44. The maximum absolute atomic E-state index is 13.1. The first-order valence-electron chi connectivity index (χ1n) is 12.4. The van der Waals surface area contributed by atoms with E-state index in [1.807, 2.05) is 79.7 Å². The molecule has 0 saturated heterocycles. The molecule has 37 heavy (non-hydrogen) atoms. The zero-order chi connectivity index (χ0) is 26.5. The number of carbonyl (C=O) groups excluding carboxylic acids is 3. The lowest BCUT2D eigenvalue weighted by Gasteiger charge is -2.29. The second-order valence-corrected chi connectivity index (χ2v) is 8.59. The summed E-state index contributed by atoms with van der Waals surface area (Å²) < 4.78 is 5.57. The van der Waals surface area contributed by atoms with Crippen molar-refractivity contribution in [1.82, 2.24) is 0 Å². The molecule has 0 aliphatic carbocycles. The zero-order valence-corrected chi connectivity index (χ0v) is 21.3. The van der Waals surface area contributed by atoms with Gasteiger partial charge in [-0.2, -0.15) is 0 Å². The highest BCUT2D eigenvalue weighted by molar-refractivity contribution is 6.22. The molecule has 4 aromatic carbocycles. The summed E-state index contributed by atoms with van der Waals surface area (Å²) in [5.41, 5.74) is 1.00. The van der Waals surface area contributed by atoms with E-state index < -0.39 is 5.60 Å². The highest BCUT2D eigenvalue weighted by Gasteiger charge is 2.46. The number of carbonyl (C=O) groups is 3. The third kappa shape index (κ3) is 6.96. The Labute approximate surface area is 218 Å². The number of hydrogen-bond acceptors (Lipinski definition) is 4. The quantitative estimate of drug-likeness (QED) is 0.173. The van der Waals surface area contributed by atoms with Crippen molar-refractivity contribution >= 4 is 17.3 Å². The lowest BCUT2D eigenvalue weighted by atomic mass is 9.81. The Hall–Kier alpha value is -4.15. The topological polar surface area (TPSA) is 60.4 Å². The maximum Gasteiger partial charge on any atom is 0.202 e. The Morgan fingerprint density at radius 2 is 0.892 bits per heavy atom. The Morgan fingerprint density at radius 3 is 1.19 bits per heavy atom. The molecule has 0 unspecified atom stereocenters. The normalized spacial score (nSPS) is 10.6. The minimum Gasteiger partial charge on any atom is -0.362 e. The van der Waals surface area contributed by atoms with Gasteiger partial charge >= 0.3 is 0 Å². The summed E-state index contributed by atoms with van der Waals surface area (Å²) in [5, 5.41) is 0. The first-order valence-corrected chi connectivity index (χ1v) is 12.4. The molecule has 0 amide bonds. The number of ether oxygens (including phenoxy) is 1. The van der Waals surface area contributed by atoms with Gasteiger partial charge in [-0.15, -0.1) is 0 Å². The summed E-state index contributed by atoms with van der Waals surface area (Å²) in [5.74, 6) is -0.475. The average molecular weight is 493 g/mol. The molecule has 0 aliphatic heterocycles. The monoisotopic (exact) mass is 492 g/mol. The average Bonchev–Trinajstić information content (AvgIpc) is 2.99. The summed E-state index contributed by atoms with van der Waals surface area (Å²) >= 11 is 0. The summed E-state index contributed by atoms with van der Waals surface area (Å²) in [6.07, 6.45) is 2.00. The van der Waals surface area contributed by atoms with Crippen LogP contribution in [0, 0.1) is 0 Å². The van der Waals surface area contributed by atoms with Gasteiger partial charge in [0.15, 0.2) is 11.4 Å². The number of hydrogen-bond donors (Lipinski definition) is 0. The van der Waals surface area contributed by atoms with Gasteiger partial charge in [-0.3, -0.25) is 14.4 Å². The SMILES string of the molecule is CCCCC(OC)(C(=O)c1ccccc1)C(=O)c1ccccc1.O=C(c1ccccc1)c1ccccc1. The number of Topliss-reactive ketones (excluding diaryl/α,β-unsaturated/α-hetero) is 2. The van der Waals surface area contributed by atoms with Gasteiger partial charge in [0, 0.05) is 29.4 Å². The van der Waals surface area contributed by atoms with Crippen LogP contribution in [0.5, 0.6) is 0 Å². The molecule has 0 atom stereocenters. The lowest BCUT2D eigenvalue weighted by Crippen LogP contribution is -2.48. The number of benzene rings is 4. The summed E-state index contributed by atoms with van der Waals surface area (Å²) in [6, 6.07) is 36.4. The molecule has 0 N–H and O–H groups in total. The van der Waals surface area contributed by atoms with Crippen molar-refractivity contribution in [2.24, 2.45) is 0 Å². The second-order valence-electron chi connectivity index (χ2n) is 8.59. The molecule has 0 aliphatic rings. The smallest absolute Gasteiger partial charge is 0.202 e. The van der Waals surface area contributed by atoms with Crippen LogP contribution in [0.2, 0.25) is 0 Å². The second kappa shape index (κ2) is 13.8. The molecule has 188 valence electrons. The van der Waals surface area contributed by atoms with Gasteiger partial charge in [0.25, 0.3) is 0 Å². The molecular weight excluding hydrogens is 460 g/mol. The van der Waals surface area contributed by atoms with Crippen molar-refractivity contribution in [2.75, 3.05) is 7.11 Å². The fourth-order valence-corrected chi connectivity index (χ4v) is 4.03. The van der Waals surface area contributed by atoms with Crippen molar-refractivity contribution in [3.8, 4) is 0 Å². The van der Waals surface area contributed by atoms with Crippen molar-refractivity contribution in [2.45, 2.75) is 31.8 Å². The number of ketones is 3. The van der Waals surface area contributed by atoms with Crippen LogP contribution in [0.4, 0.5) is 0 Å². The number of rotatable bonds is 10. The standard InChI is InChI=1S/C20H22O3.C13H10O/c1-3-4-15-20(23-2,18(21)16-11-7-5-8-12-16)19(22)17-13-9-6-10-14-17;14-13(11-7-3-1-4-8-11)12-9-5-2-6-10-12/h5-14H,3-4,15H2,1-2H3;1-10H. The minimum atomic E-state index is -1.46. The van der Waals surface area contributed by atoms with E-state index >= 15 is 0 Å². The van der Waals surface area contributed by atoms with Crippen LogP contribution >= 0.6 is 0 Å². The third-order valence-corrected chi connectivity index (χ3v) is 6.11.